The number of nitrogens with zero attached hydrogens (tertiary/aromatic N) is 1. The number of likely N-dealkylation sites (tertiary alicyclic amines) is 1. The third kappa shape index (κ3) is 5.43. The molecule has 1 amide bonds. The largest absolute Gasteiger partial charge is 0.507 e. The van der Waals surface area contributed by atoms with Crippen molar-refractivity contribution in [2.45, 2.75) is 19.4 Å². The van der Waals surface area contributed by atoms with Crippen molar-refractivity contribution in [2.24, 2.45) is 0 Å². The van der Waals surface area contributed by atoms with Crippen LogP contribution >= 0.6 is 0 Å². The van der Waals surface area contributed by atoms with Gasteiger partial charge < -0.3 is 24.2 Å². The van der Waals surface area contributed by atoms with Crippen molar-refractivity contribution in [2.75, 3.05) is 33.5 Å². The van der Waals surface area contributed by atoms with Crippen molar-refractivity contribution in [1.29, 1.82) is 0 Å². The standard InChI is InChI=1S/C26H29NO6/c1-4-15-33-20-12-10-18(11-13-20)24(28)22-23(19-8-6-9-21(17-19)32-5-2)27(14-7-16-31-3)26(30)25(22)29/h4,6,8-13,17,23,28H,1,5,7,14-16H2,2-3H3/b24-22-. The summed E-state index contributed by atoms with van der Waals surface area (Å²) in [5, 5.41) is 11.1. The highest BCUT2D eigenvalue weighted by Gasteiger charge is 2.45. The maximum Gasteiger partial charge on any atom is 0.295 e. The maximum atomic E-state index is 13.1. The fourth-order valence-corrected chi connectivity index (χ4v) is 3.80. The second kappa shape index (κ2) is 11.3. The summed E-state index contributed by atoms with van der Waals surface area (Å²) in [4.78, 5) is 27.5. The molecule has 0 radical (unpaired) electrons. The zero-order chi connectivity index (χ0) is 23.8. The number of rotatable bonds is 11. The van der Waals surface area contributed by atoms with Gasteiger partial charge in [-0.1, -0.05) is 24.8 Å². The van der Waals surface area contributed by atoms with Crippen LogP contribution in [0.1, 0.15) is 30.5 Å². The molecule has 7 nitrogen and oxygen atoms in total. The summed E-state index contributed by atoms with van der Waals surface area (Å²) in [6, 6.07) is 13.2. The van der Waals surface area contributed by atoms with Crippen LogP contribution in [0, 0.1) is 0 Å². The molecule has 0 aromatic heterocycles. The summed E-state index contributed by atoms with van der Waals surface area (Å²) in [5.41, 5.74) is 1.15. The van der Waals surface area contributed by atoms with Crippen molar-refractivity contribution in [3.05, 3.63) is 77.9 Å². The summed E-state index contributed by atoms with van der Waals surface area (Å²) in [6.45, 7) is 7.09. The highest BCUT2D eigenvalue weighted by Crippen LogP contribution is 2.40. The van der Waals surface area contributed by atoms with E-state index in [4.69, 9.17) is 14.2 Å². The lowest BCUT2D eigenvalue weighted by atomic mass is 9.95. The first-order valence-corrected chi connectivity index (χ1v) is 10.9. The minimum absolute atomic E-state index is 0.0471. The van der Waals surface area contributed by atoms with Crippen molar-refractivity contribution < 1.29 is 28.9 Å². The average Bonchev–Trinajstić information content (AvgIpc) is 3.08. The molecule has 1 N–H and O–H groups in total. The number of Topliss-reactive ketones (excluding diaryl/α,β-unsaturated/α-hetero) is 1. The number of benzene rings is 2. The Kier molecular flexibility index (Phi) is 8.27. The SMILES string of the molecule is C=CCOc1ccc(/C(O)=C2/C(=O)C(=O)N(CCCOC)C2c2cccc(OCC)c2)cc1. The van der Waals surface area contributed by atoms with E-state index in [1.165, 1.54) is 4.90 Å². The predicted molar refractivity (Wildman–Crippen MR) is 125 cm³/mol. The van der Waals surface area contributed by atoms with Gasteiger partial charge in [0.05, 0.1) is 18.2 Å². The van der Waals surface area contributed by atoms with E-state index in [0.717, 1.165) is 0 Å². The van der Waals surface area contributed by atoms with Crippen molar-refractivity contribution in [1.82, 2.24) is 4.90 Å². The Morgan fingerprint density at radius 3 is 2.55 bits per heavy atom. The van der Waals surface area contributed by atoms with Gasteiger partial charge in [-0.05, 0) is 55.3 Å². The predicted octanol–water partition coefficient (Wildman–Crippen LogP) is 4.11. The Morgan fingerprint density at radius 2 is 1.88 bits per heavy atom. The van der Waals surface area contributed by atoms with E-state index in [2.05, 4.69) is 6.58 Å². The molecule has 0 saturated carbocycles. The molecule has 2 aromatic rings. The molecule has 174 valence electrons. The van der Waals surface area contributed by atoms with Gasteiger partial charge in [-0.2, -0.15) is 0 Å². The van der Waals surface area contributed by atoms with Crippen molar-refractivity contribution in [3.63, 3.8) is 0 Å². The molecule has 1 unspecified atom stereocenters. The molecule has 1 aliphatic rings. The zero-order valence-corrected chi connectivity index (χ0v) is 19.0. The molecular weight excluding hydrogens is 422 g/mol. The zero-order valence-electron chi connectivity index (χ0n) is 19.0. The number of ether oxygens (including phenoxy) is 3. The minimum Gasteiger partial charge on any atom is -0.507 e. The van der Waals surface area contributed by atoms with E-state index < -0.39 is 17.7 Å². The monoisotopic (exact) mass is 451 g/mol. The summed E-state index contributed by atoms with van der Waals surface area (Å²) in [5.74, 6) is -0.368. The van der Waals surface area contributed by atoms with Crippen LogP contribution in [0.25, 0.3) is 5.76 Å². The van der Waals surface area contributed by atoms with Gasteiger partial charge in [0.1, 0.15) is 23.9 Å². The molecular formula is C26H29NO6. The van der Waals surface area contributed by atoms with Gasteiger partial charge in [0.25, 0.3) is 11.7 Å². The fraction of sp³-hybridized carbons (Fsp3) is 0.308. The molecule has 1 aliphatic heterocycles. The van der Waals surface area contributed by atoms with Crippen LogP contribution < -0.4 is 9.47 Å². The second-order valence-corrected chi connectivity index (χ2v) is 7.47. The number of aliphatic hydroxyl groups excluding tert-OH is 1. The number of carbonyl (C=O) groups is 2. The molecule has 0 aliphatic carbocycles. The van der Waals surface area contributed by atoms with Gasteiger partial charge in [-0.25, -0.2) is 0 Å². The van der Waals surface area contributed by atoms with Crippen LogP contribution in [-0.2, 0) is 14.3 Å². The molecule has 1 heterocycles. The Morgan fingerprint density at radius 1 is 1.12 bits per heavy atom. The topological polar surface area (TPSA) is 85.3 Å². The Labute approximate surface area is 193 Å². The number of hydrogen-bond acceptors (Lipinski definition) is 6. The molecule has 0 bridgehead atoms. The number of amides is 1. The number of methoxy groups -OCH3 is 1. The van der Waals surface area contributed by atoms with Crippen LogP contribution in [0.2, 0.25) is 0 Å². The van der Waals surface area contributed by atoms with E-state index in [-0.39, 0.29) is 11.3 Å². The minimum atomic E-state index is -0.737. The summed E-state index contributed by atoms with van der Waals surface area (Å²) >= 11 is 0. The first kappa shape index (κ1) is 24.1. The number of carbonyl (C=O) groups excluding carboxylic acids is 2. The molecule has 3 rings (SSSR count). The van der Waals surface area contributed by atoms with E-state index in [0.29, 0.717) is 55.4 Å². The van der Waals surface area contributed by atoms with Crippen LogP contribution in [-0.4, -0.2) is 55.2 Å². The van der Waals surface area contributed by atoms with Crippen molar-refractivity contribution >= 4 is 17.4 Å². The lowest BCUT2D eigenvalue weighted by molar-refractivity contribution is -0.140. The average molecular weight is 452 g/mol. The van der Waals surface area contributed by atoms with Gasteiger partial charge >= 0.3 is 0 Å². The van der Waals surface area contributed by atoms with Crippen LogP contribution in [0.4, 0.5) is 0 Å². The van der Waals surface area contributed by atoms with Crippen LogP contribution in [0.5, 0.6) is 11.5 Å². The van der Waals surface area contributed by atoms with Gasteiger partial charge in [-0.15, -0.1) is 0 Å². The van der Waals surface area contributed by atoms with E-state index in [1.807, 2.05) is 19.1 Å². The fourth-order valence-electron chi connectivity index (χ4n) is 3.80. The summed E-state index contributed by atoms with van der Waals surface area (Å²) in [6.07, 6.45) is 2.19. The Bertz CT molecular complexity index is 1030. The number of ketones is 1. The summed E-state index contributed by atoms with van der Waals surface area (Å²) in [7, 11) is 1.58. The normalized spacial score (nSPS) is 17.3. The first-order valence-electron chi connectivity index (χ1n) is 10.9. The van der Waals surface area contributed by atoms with E-state index in [1.54, 1.807) is 49.6 Å². The molecule has 1 fully saturated rings. The highest BCUT2D eigenvalue weighted by atomic mass is 16.5. The van der Waals surface area contributed by atoms with E-state index in [9.17, 15) is 14.7 Å². The van der Waals surface area contributed by atoms with Gasteiger partial charge in [-0.3, -0.25) is 9.59 Å². The first-order chi connectivity index (χ1) is 16.0. The molecule has 1 saturated heterocycles. The quantitative estimate of drug-likeness (QED) is 0.182. The van der Waals surface area contributed by atoms with Gasteiger partial charge in [0, 0.05) is 25.8 Å². The van der Waals surface area contributed by atoms with Gasteiger partial charge in [0.2, 0.25) is 0 Å². The lowest BCUT2D eigenvalue weighted by Gasteiger charge is -2.25. The van der Waals surface area contributed by atoms with Crippen LogP contribution in [0.15, 0.2) is 66.8 Å². The molecule has 33 heavy (non-hydrogen) atoms. The molecule has 0 spiro atoms. The third-order valence-electron chi connectivity index (χ3n) is 5.27. The van der Waals surface area contributed by atoms with Gasteiger partial charge in [0.15, 0.2) is 0 Å². The number of hydrogen-bond donors (Lipinski definition) is 1. The summed E-state index contributed by atoms with van der Waals surface area (Å²) < 4.78 is 16.2. The smallest absolute Gasteiger partial charge is 0.295 e. The van der Waals surface area contributed by atoms with E-state index >= 15 is 0 Å². The van der Waals surface area contributed by atoms with Crippen LogP contribution in [0.3, 0.4) is 0 Å². The Hall–Kier alpha value is -3.58. The highest BCUT2D eigenvalue weighted by molar-refractivity contribution is 6.46. The second-order valence-electron chi connectivity index (χ2n) is 7.47. The third-order valence-corrected chi connectivity index (χ3v) is 5.27. The molecule has 7 heteroatoms. The van der Waals surface area contributed by atoms with Crippen molar-refractivity contribution in [3.8, 4) is 11.5 Å². The maximum absolute atomic E-state index is 13.1. The number of aliphatic hydroxyl groups is 1. The Balaban J connectivity index is 2.05. The molecule has 2 aromatic carbocycles. The molecule has 1 atom stereocenters. The lowest BCUT2D eigenvalue weighted by Crippen LogP contribution is -2.31.